The number of rotatable bonds is 11. The van der Waals surface area contributed by atoms with Gasteiger partial charge < -0.3 is 15.7 Å². The largest absolute Gasteiger partial charge is 0.480 e. The third kappa shape index (κ3) is 9.17. The van der Waals surface area contributed by atoms with Crippen LogP contribution in [0.25, 0.3) is 0 Å². The number of unbranched alkanes of at least 4 members (excludes halogenated alkanes) is 1. The van der Waals surface area contributed by atoms with Gasteiger partial charge in [0.05, 0.1) is 0 Å². The summed E-state index contributed by atoms with van der Waals surface area (Å²) in [5, 5.41) is 13.9. The molecule has 2 amide bonds. The molecule has 0 fully saturated rings. The molecule has 0 aliphatic carbocycles. The fraction of sp³-hybridized carbons (Fsp3) is 0.786. The van der Waals surface area contributed by atoms with Crippen molar-refractivity contribution in [3.63, 3.8) is 0 Å². The second-order valence-electron chi connectivity index (χ2n) is 5.40. The molecule has 0 spiro atoms. The minimum absolute atomic E-state index is 0.0818. The summed E-state index contributed by atoms with van der Waals surface area (Å²) in [4.78, 5) is 34.3. The third-order valence-electron chi connectivity index (χ3n) is 3.27. The van der Waals surface area contributed by atoms with E-state index >= 15 is 0 Å². The quantitative estimate of drug-likeness (QED) is 0.435. The van der Waals surface area contributed by atoms with Gasteiger partial charge in [0.15, 0.2) is 0 Å². The van der Waals surface area contributed by atoms with Gasteiger partial charge in [-0.1, -0.05) is 20.3 Å². The van der Waals surface area contributed by atoms with Crippen LogP contribution in [0.1, 0.15) is 46.5 Å². The first-order valence-corrected chi connectivity index (χ1v) is 9.59. The minimum atomic E-state index is -2.84. The molecule has 0 bridgehead atoms. The van der Waals surface area contributed by atoms with Crippen LogP contribution in [0.3, 0.4) is 0 Å². The van der Waals surface area contributed by atoms with E-state index < -0.39 is 33.7 Å². The molecule has 0 aliphatic heterocycles. The Balaban J connectivity index is 4.61. The van der Waals surface area contributed by atoms with E-state index in [1.165, 1.54) is 6.92 Å². The van der Waals surface area contributed by atoms with Crippen LogP contribution in [0.5, 0.6) is 0 Å². The summed E-state index contributed by atoms with van der Waals surface area (Å²) in [6.45, 7) is 5.01. The first-order chi connectivity index (χ1) is 10.6. The smallest absolute Gasteiger partial charge is 0.326 e. The van der Waals surface area contributed by atoms with Crippen molar-refractivity contribution in [1.82, 2.24) is 10.6 Å². The number of hydrogen-bond donors (Lipinski definition) is 4. The molecular formula is C14H27N3O5S. The molecule has 0 rings (SSSR count). The average Bonchev–Trinajstić information content (AvgIpc) is 2.48. The molecule has 0 radical (unpaired) electrons. The summed E-state index contributed by atoms with van der Waals surface area (Å²) in [5.74, 6) is -2.04. The van der Waals surface area contributed by atoms with Crippen LogP contribution in [0.4, 0.5) is 0 Å². The Kier molecular flexibility index (Phi) is 9.47. The van der Waals surface area contributed by atoms with E-state index in [2.05, 4.69) is 10.6 Å². The van der Waals surface area contributed by atoms with Crippen LogP contribution in [0.15, 0.2) is 0 Å². The molecule has 0 heterocycles. The van der Waals surface area contributed by atoms with E-state index in [1.807, 2.05) is 6.92 Å². The van der Waals surface area contributed by atoms with Crippen LogP contribution in [-0.2, 0) is 24.1 Å². The molecular weight excluding hydrogens is 322 g/mol. The Morgan fingerprint density at radius 2 is 1.78 bits per heavy atom. The molecule has 9 heteroatoms. The molecule has 8 nitrogen and oxygen atoms in total. The van der Waals surface area contributed by atoms with E-state index in [0.29, 0.717) is 6.42 Å². The number of carbonyl (C=O) groups excluding carboxylic acids is 2. The molecule has 4 N–H and O–H groups in total. The summed E-state index contributed by atoms with van der Waals surface area (Å²) >= 11 is 0. The van der Waals surface area contributed by atoms with Gasteiger partial charge in [0.2, 0.25) is 11.8 Å². The molecule has 1 unspecified atom stereocenters. The van der Waals surface area contributed by atoms with Gasteiger partial charge in [0, 0.05) is 27.7 Å². The molecule has 0 aromatic carbocycles. The van der Waals surface area contributed by atoms with Crippen molar-refractivity contribution in [2.45, 2.75) is 58.5 Å². The first-order valence-electron chi connectivity index (χ1n) is 7.69. The zero-order chi connectivity index (χ0) is 18.0. The van der Waals surface area contributed by atoms with Gasteiger partial charge in [0.1, 0.15) is 12.1 Å². The molecule has 134 valence electrons. The maximum absolute atomic E-state index is 12.0. The van der Waals surface area contributed by atoms with Gasteiger partial charge in [-0.05, 0) is 19.8 Å². The number of nitrogens with one attached hydrogen (secondary N) is 3. The summed E-state index contributed by atoms with van der Waals surface area (Å²) in [6, 6.07) is -2.08. The van der Waals surface area contributed by atoms with E-state index in [4.69, 9.17) is 9.89 Å². The van der Waals surface area contributed by atoms with Crippen molar-refractivity contribution in [3.05, 3.63) is 0 Å². The molecule has 0 saturated carbocycles. The van der Waals surface area contributed by atoms with Crippen LogP contribution in [0, 0.1) is 4.78 Å². The van der Waals surface area contributed by atoms with Crippen LogP contribution in [-0.4, -0.2) is 50.7 Å². The van der Waals surface area contributed by atoms with Gasteiger partial charge in [-0.2, -0.15) is 0 Å². The average molecular weight is 349 g/mol. The molecule has 0 saturated heterocycles. The number of amides is 2. The fourth-order valence-corrected chi connectivity index (χ4v) is 3.33. The highest BCUT2D eigenvalue weighted by Gasteiger charge is 2.24. The highest BCUT2D eigenvalue weighted by atomic mass is 32.2. The highest BCUT2D eigenvalue weighted by molar-refractivity contribution is 7.92. The van der Waals surface area contributed by atoms with E-state index in [0.717, 1.165) is 6.42 Å². The second-order valence-corrected chi connectivity index (χ2v) is 7.84. The minimum Gasteiger partial charge on any atom is -0.480 e. The van der Waals surface area contributed by atoms with Crippen molar-refractivity contribution in [1.29, 1.82) is 4.78 Å². The van der Waals surface area contributed by atoms with Crippen molar-refractivity contribution >= 4 is 27.5 Å². The van der Waals surface area contributed by atoms with Gasteiger partial charge in [0.25, 0.3) is 0 Å². The lowest BCUT2D eigenvalue weighted by Gasteiger charge is -2.19. The topological polar surface area (TPSA) is 136 Å². The lowest BCUT2D eigenvalue weighted by Crippen LogP contribution is -2.50. The molecule has 23 heavy (non-hydrogen) atoms. The zero-order valence-electron chi connectivity index (χ0n) is 13.9. The lowest BCUT2D eigenvalue weighted by molar-refractivity contribution is -0.142. The summed E-state index contributed by atoms with van der Waals surface area (Å²) in [6.07, 6.45) is 1.59. The summed E-state index contributed by atoms with van der Waals surface area (Å²) in [7, 11) is -2.84. The maximum atomic E-state index is 12.0. The fourth-order valence-electron chi connectivity index (χ4n) is 1.75. The normalized spacial score (nSPS) is 16.0. The standard InChI is InChI=1S/C14H27N3O5S/c1-4-6-8-23(15,22)9-7-11(14(20)21)17-13(19)10(3)16-12(18)5-2/h10-11,15H,4-9H2,1-3H3,(H,16,18)(H,17,19)(H,20,21)/t10-,11-,23?/m0/s1. The van der Waals surface area contributed by atoms with Gasteiger partial charge in [-0.25, -0.2) is 9.00 Å². The molecule has 0 aliphatic rings. The highest BCUT2D eigenvalue weighted by Crippen LogP contribution is 2.04. The van der Waals surface area contributed by atoms with Crippen molar-refractivity contribution < 1.29 is 23.7 Å². The van der Waals surface area contributed by atoms with Crippen molar-refractivity contribution in [3.8, 4) is 0 Å². The number of carbonyl (C=O) groups is 3. The Morgan fingerprint density at radius 3 is 2.26 bits per heavy atom. The van der Waals surface area contributed by atoms with Gasteiger partial charge in [-0.15, -0.1) is 0 Å². The number of hydrogen-bond acceptors (Lipinski definition) is 5. The van der Waals surface area contributed by atoms with Crippen LogP contribution in [0.2, 0.25) is 0 Å². The van der Waals surface area contributed by atoms with Gasteiger partial charge in [-0.3, -0.25) is 14.4 Å². The Morgan fingerprint density at radius 1 is 1.17 bits per heavy atom. The Bertz CT molecular complexity index is 519. The van der Waals surface area contributed by atoms with E-state index in [1.54, 1.807) is 6.92 Å². The first kappa shape index (κ1) is 21.4. The van der Waals surface area contributed by atoms with Crippen molar-refractivity contribution in [2.24, 2.45) is 0 Å². The third-order valence-corrected chi connectivity index (χ3v) is 5.11. The van der Waals surface area contributed by atoms with Crippen LogP contribution >= 0.6 is 0 Å². The SMILES string of the molecule is CCCCS(=N)(=O)CC[C@H](NC(=O)[C@H](C)NC(=O)CC)C(=O)O. The molecule has 0 aromatic rings. The van der Waals surface area contributed by atoms with Crippen molar-refractivity contribution in [2.75, 3.05) is 11.5 Å². The van der Waals surface area contributed by atoms with Gasteiger partial charge >= 0.3 is 5.97 Å². The number of carboxylic acid groups (broad SMARTS) is 1. The Hall–Kier alpha value is -1.64. The predicted molar refractivity (Wildman–Crippen MR) is 87.6 cm³/mol. The molecule has 3 atom stereocenters. The maximum Gasteiger partial charge on any atom is 0.326 e. The zero-order valence-corrected chi connectivity index (χ0v) is 14.7. The molecule has 0 aromatic heterocycles. The summed E-state index contributed by atoms with van der Waals surface area (Å²) in [5.41, 5.74) is 0. The monoisotopic (exact) mass is 349 g/mol. The second kappa shape index (κ2) is 10.2. The van der Waals surface area contributed by atoms with E-state index in [9.17, 15) is 18.6 Å². The Labute approximate surface area is 137 Å². The lowest BCUT2D eigenvalue weighted by atomic mass is 10.2. The summed E-state index contributed by atoms with van der Waals surface area (Å²) < 4.78 is 19.7. The van der Waals surface area contributed by atoms with E-state index in [-0.39, 0.29) is 30.3 Å². The number of carboxylic acids is 1. The number of aliphatic carboxylic acids is 1. The predicted octanol–water partition coefficient (Wildman–Crippen LogP) is 0.707. The van der Waals surface area contributed by atoms with Crippen LogP contribution < -0.4 is 10.6 Å².